The Morgan fingerprint density at radius 3 is 3.08 bits per heavy atom. The van der Waals surface area contributed by atoms with Crippen LogP contribution in [-0.2, 0) is 11.3 Å². The maximum absolute atomic E-state index is 5.85. The van der Waals surface area contributed by atoms with Gasteiger partial charge < -0.3 is 4.74 Å². The highest BCUT2D eigenvalue weighted by Crippen LogP contribution is 2.22. The van der Waals surface area contributed by atoms with Crippen LogP contribution in [0.3, 0.4) is 0 Å². The van der Waals surface area contributed by atoms with E-state index in [0.717, 1.165) is 30.6 Å². The number of rotatable bonds is 2. The number of hydrogen-bond acceptors (Lipinski definition) is 3. The summed E-state index contributed by atoms with van der Waals surface area (Å²) in [6.07, 6.45) is 0. The molecular weight excluding hydrogens is 206 g/mol. The predicted octanol–water partition coefficient (Wildman–Crippen LogP) is 2.40. The van der Waals surface area contributed by atoms with Crippen molar-refractivity contribution in [1.29, 1.82) is 0 Å². The zero-order valence-electron chi connectivity index (χ0n) is 7.20. The van der Waals surface area contributed by atoms with Gasteiger partial charge in [-0.3, -0.25) is 4.90 Å². The van der Waals surface area contributed by atoms with E-state index >= 15 is 0 Å². The van der Waals surface area contributed by atoms with Gasteiger partial charge in [-0.15, -0.1) is 11.3 Å². The first-order valence-electron chi connectivity index (χ1n) is 4.24. The van der Waals surface area contributed by atoms with Crippen LogP contribution in [0.5, 0.6) is 0 Å². The van der Waals surface area contributed by atoms with E-state index in [1.807, 2.05) is 12.7 Å². The topological polar surface area (TPSA) is 12.5 Å². The molecule has 0 aromatic carbocycles. The van der Waals surface area contributed by atoms with Gasteiger partial charge in [-0.1, -0.05) is 11.6 Å². The zero-order chi connectivity index (χ0) is 9.10. The summed E-state index contributed by atoms with van der Waals surface area (Å²) < 4.78 is 6.02. The Morgan fingerprint density at radius 1 is 1.54 bits per heavy atom. The van der Waals surface area contributed by atoms with E-state index < -0.39 is 0 Å². The second kappa shape index (κ2) is 4.42. The van der Waals surface area contributed by atoms with E-state index in [1.54, 1.807) is 11.3 Å². The molecule has 2 nitrogen and oxygen atoms in total. The highest BCUT2D eigenvalue weighted by atomic mass is 35.5. The molecule has 2 heterocycles. The molecule has 13 heavy (non-hydrogen) atoms. The van der Waals surface area contributed by atoms with Crippen LogP contribution in [-0.4, -0.2) is 24.6 Å². The van der Waals surface area contributed by atoms with Crippen molar-refractivity contribution in [2.75, 3.05) is 19.7 Å². The molecule has 0 amide bonds. The molecule has 1 aliphatic heterocycles. The van der Waals surface area contributed by atoms with Crippen LogP contribution in [0.25, 0.3) is 0 Å². The van der Waals surface area contributed by atoms with Gasteiger partial charge >= 0.3 is 0 Å². The van der Waals surface area contributed by atoms with E-state index in [-0.39, 0.29) is 0 Å². The summed E-state index contributed by atoms with van der Waals surface area (Å²) in [5, 5.41) is 0. The molecule has 0 saturated carbocycles. The van der Waals surface area contributed by atoms with Crippen LogP contribution in [0.2, 0.25) is 4.34 Å². The predicted molar refractivity (Wildman–Crippen MR) is 54.9 cm³/mol. The molecular formula is C9H11ClNOS. The van der Waals surface area contributed by atoms with E-state index in [1.165, 1.54) is 4.88 Å². The molecule has 0 unspecified atom stereocenters. The molecule has 1 radical (unpaired) electrons. The fourth-order valence-electron chi connectivity index (χ4n) is 1.32. The van der Waals surface area contributed by atoms with Gasteiger partial charge in [0.2, 0.25) is 0 Å². The Balaban J connectivity index is 1.89. The number of thiophene rings is 1. The van der Waals surface area contributed by atoms with Crippen molar-refractivity contribution in [3.63, 3.8) is 0 Å². The van der Waals surface area contributed by atoms with E-state index in [4.69, 9.17) is 16.3 Å². The number of morpholine rings is 1. The summed E-state index contributed by atoms with van der Waals surface area (Å²) in [6.45, 7) is 5.57. The lowest BCUT2D eigenvalue weighted by molar-refractivity contribution is 0.0817. The minimum Gasteiger partial charge on any atom is -0.373 e. The van der Waals surface area contributed by atoms with Crippen molar-refractivity contribution in [1.82, 2.24) is 4.90 Å². The van der Waals surface area contributed by atoms with Gasteiger partial charge in [0.05, 0.1) is 17.6 Å². The monoisotopic (exact) mass is 216 g/mol. The lowest BCUT2D eigenvalue weighted by Crippen LogP contribution is -2.32. The first kappa shape index (κ1) is 9.46. The molecule has 0 aliphatic carbocycles. The van der Waals surface area contributed by atoms with E-state index in [0.29, 0.717) is 0 Å². The van der Waals surface area contributed by atoms with Gasteiger partial charge in [-0.05, 0) is 12.1 Å². The van der Waals surface area contributed by atoms with Crippen LogP contribution in [0.15, 0.2) is 12.1 Å². The average molecular weight is 217 g/mol. The molecule has 4 heteroatoms. The molecule has 0 N–H and O–H groups in total. The van der Waals surface area contributed by atoms with Crippen molar-refractivity contribution in [3.8, 4) is 0 Å². The number of nitrogens with zero attached hydrogens (tertiary/aromatic N) is 1. The molecule has 2 rings (SSSR count). The summed E-state index contributed by atoms with van der Waals surface area (Å²) in [5.41, 5.74) is 0. The Morgan fingerprint density at radius 2 is 2.46 bits per heavy atom. The smallest absolute Gasteiger partial charge is 0.0976 e. The number of ether oxygens (including phenoxy) is 1. The van der Waals surface area contributed by atoms with Crippen molar-refractivity contribution in [3.05, 3.63) is 28.0 Å². The molecule has 0 bridgehead atoms. The van der Waals surface area contributed by atoms with Gasteiger partial charge in [0.25, 0.3) is 0 Å². The molecule has 1 aromatic heterocycles. The lowest BCUT2D eigenvalue weighted by atomic mass is 10.4. The van der Waals surface area contributed by atoms with E-state index in [9.17, 15) is 0 Å². The summed E-state index contributed by atoms with van der Waals surface area (Å²) in [7, 11) is 0. The van der Waals surface area contributed by atoms with Gasteiger partial charge in [0.1, 0.15) is 0 Å². The van der Waals surface area contributed by atoms with Crippen molar-refractivity contribution in [2.24, 2.45) is 0 Å². The van der Waals surface area contributed by atoms with Crippen LogP contribution >= 0.6 is 22.9 Å². The minimum atomic E-state index is 0.805. The standard InChI is InChI=1S/C9H11ClNOS/c10-9-2-1-8(13-9)7-11-3-5-12-6-4-11/h1-2,5H,3-4,6-7H2. The van der Waals surface area contributed by atoms with Crippen LogP contribution < -0.4 is 0 Å². The molecule has 1 aliphatic rings. The highest BCUT2D eigenvalue weighted by Gasteiger charge is 2.11. The Bertz CT molecular complexity index is 270. The third-order valence-electron chi connectivity index (χ3n) is 1.98. The Labute approximate surface area is 87.1 Å². The van der Waals surface area contributed by atoms with Crippen LogP contribution in [0, 0.1) is 6.61 Å². The third kappa shape index (κ3) is 2.68. The van der Waals surface area contributed by atoms with Gasteiger partial charge in [0, 0.05) is 24.5 Å². The first-order valence-corrected chi connectivity index (χ1v) is 5.44. The normalized spacial score (nSPS) is 19.2. The number of halogens is 1. The van der Waals surface area contributed by atoms with Gasteiger partial charge in [-0.25, -0.2) is 0 Å². The van der Waals surface area contributed by atoms with Crippen molar-refractivity contribution < 1.29 is 4.74 Å². The third-order valence-corrected chi connectivity index (χ3v) is 3.20. The SMILES string of the molecule is Clc1ccc(CN2C[CH]OCC2)s1. The number of hydrogen-bond donors (Lipinski definition) is 0. The van der Waals surface area contributed by atoms with Crippen molar-refractivity contribution >= 4 is 22.9 Å². The molecule has 1 fully saturated rings. The maximum atomic E-state index is 5.85. The Kier molecular flexibility index (Phi) is 3.22. The molecule has 71 valence electrons. The van der Waals surface area contributed by atoms with E-state index in [2.05, 4.69) is 11.0 Å². The summed E-state index contributed by atoms with van der Waals surface area (Å²) in [4.78, 5) is 3.66. The van der Waals surface area contributed by atoms with Gasteiger partial charge in [0.15, 0.2) is 0 Å². The van der Waals surface area contributed by atoms with Crippen LogP contribution in [0.1, 0.15) is 4.88 Å². The molecule has 1 aromatic rings. The Hall–Kier alpha value is -0.0900. The van der Waals surface area contributed by atoms with Gasteiger partial charge in [-0.2, -0.15) is 0 Å². The molecule has 0 atom stereocenters. The summed E-state index contributed by atoms with van der Waals surface area (Å²) in [5.74, 6) is 0. The van der Waals surface area contributed by atoms with Crippen LogP contribution in [0.4, 0.5) is 0 Å². The maximum Gasteiger partial charge on any atom is 0.0976 e. The zero-order valence-corrected chi connectivity index (χ0v) is 8.77. The average Bonchev–Trinajstić information content (AvgIpc) is 2.53. The molecule has 0 spiro atoms. The largest absolute Gasteiger partial charge is 0.373 e. The summed E-state index contributed by atoms with van der Waals surface area (Å²) >= 11 is 7.50. The molecule has 1 saturated heterocycles. The highest BCUT2D eigenvalue weighted by molar-refractivity contribution is 7.16. The fraction of sp³-hybridized carbons (Fsp3) is 0.444. The quantitative estimate of drug-likeness (QED) is 0.753. The minimum absolute atomic E-state index is 0.805. The lowest BCUT2D eigenvalue weighted by Gasteiger charge is -2.25. The van der Waals surface area contributed by atoms with Crippen molar-refractivity contribution in [2.45, 2.75) is 6.54 Å². The first-order chi connectivity index (χ1) is 6.34. The fourth-order valence-corrected chi connectivity index (χ4v) is 2.45. The second-order valence-corrected chi connectivity index (χ2v) is 4.78. The second-order valence-electron chi connectivity index (χ2n) is 2.98. The summed E-state index contributed by atoms with van der Waals surface area (Å²) in [6, 6.07) is 4.04.